The van der Waals surface area contributed by atoms with Crippen LogP contribution < -0.4 is 16.4 Å². The van der Waals surface area contributed by atoms with Gasteiger partial charge in [-0.3, -0.25) is 14.4 Å². The van der Waals surface area contributed by atoms with Crippen LogP contribution in [0.5, 0.6) is 0 Å². The number of hydrogen-bond acceptors (Lipinski definition) is 5. The van der Waals surface area contributed by atoms with Crippen LogP contribution >= 0.6 is 0 Å². The summed E-state index contributed by atoms with van der Waals surface area (Å²) in [5, 5.41) is 10.9. The summed E-state index contributed by atoms with van der Waals surface area (Å²) >= 11 is 0. The van der Waals surface area contributed by atoms with Crippen LogP contribution in [0.25, 0.3) is 10.9 Å². The van der Waals surface area contributed by atoms with Crippen LogP contribution in [-0.2, 0) is 6.54 Å². The van der Waals surface area contributed by atoms with Crippen molar-refractivity contribution < 1.29 is 4.79 Å². The SMILES string of the molecule is O=C(NCCn1nnc2ccccc2c1=O)c1cc[nH]c(=O)c1. The fourth-order valence-corrected chi connectivity index (χ4v) is 2.13. The lowest BCUT2D eigenvalue weighted by Crippen LogP contribution is -2.33. The van der Waals surface area contributed by atoms with E-state index < -0.39 is 5.91 Å². The Balaban J connectivity index is 1.69. The Labute approximate surface area is 129 Å². The summed E-state index contributed by atoms with van der Waals surface area (Å²) in [7, 11) is 0. The second-order valence-corrected chi connectivity index (χ2v) is 4.83. The lowest BCUT2D eigenvalue weighted by Gasteiger charge is -2.06. The van der Waals surface area contributed by atoms with Gasteiger partial charge in [0, 0.05) is 24.4 Å². The molecule has 2 aromatic heterocycles. The first-order valence-corrected chi connectivity index (χ1v) is 6.94. The van der Waals surface area contributed by atoms with Crippen molar-refractivity contribution in [3.8, 4) is 0 Å². The molecule has 8 nitrogen and oxygen atoms in total. The van der Waals surface area contributed by atoms with E-state index in [1.54, 1.807) is 24.3 Å². The zero-order valence-electron chi connectivity index (χ0n) is 12.0. The minimum Gasteiger partial charge on any atom is -0.350 e. The van der Waals surface area contributed by atoms with Gasteiger partial charge in [-0.15, -0.1) is 5.10 Å². The second-order valence-electron chi connectivity index (χ2n) is 4.83. The molecule has 8 heteroatoms. The third-order valence-corrected chi connectivity index (χ3v) is 3.28. The van der Waals surface area contributed by atoms with Crippen LogP contribution in [0.2, 0.25) is 0 Å². The Morgan fingerprint density at radius 1 is 1.22 bits per heavy atom. The van der Waals surface area contributed by atoms with Gasteiger partial charge in [0.1, 0.15) is 5.52 Å². The summed E-state index contributed by atoms with van der Waals surface area (Å²) in [4.78, 5) is 37.7. The number of carbonyl (C=O) groups is 1. The molecule has 116 valence electrons. The van der Waals surface area contributed by atoms with E-state index in [-0.39, 0.29) is 29.8 Å². The highest BCUT2D eigenvalue weighted by Gasteiger charge is 2.07. The molecule has 0 saturated carbocycles. The highest BCUT2D eigenvalue weighted by Crippen LogP contribution is 2.03. The molecule has 0 radical (unpaired) electrons. The lowest BCUT2D eigenvalue weighted by atomic mass is 10.2. The number of pyridine rings is 1. The smallest absolute Gasteiger partial charge is 0.277 e. The number of nitrogens with zero attached hydrogens (tertiary/aromatic N) is 3. The molecule has 0 fully saturated rings. The topological polar surface area (TPSA) is 110 Å². The van der Waals surface area contributed by atoms with Crippen molar-refractivity contribution >= 4 is 16.8 Å². The predicted molar refractivity (Wildman–Crippen MR) is 83.2 cm³/mol. The van der Waals surface area contributed by atoms with Crippen molar-refractivity contribution in [2.75, 3.05) is 6.54 Å². The van der Waals surface area contributed by atoms with Gasteiger partial charge in [0.2, 0.25) is 5.56 Å². The quantitative estimate of drug-likeness (QED) is 0.700. The average Bonchev–Trinajstić information content (AvgIpc) is 2.57. The number of H-pyrrole nitrogens is 1. The van der Waals surface area contributed by atoms with Gasteiger partial charge in [0.25, 0.3) is 11.5 Å². The van der Waals surface area contributed by atoms with Crippen LogP contribution in [-0.4, -0.2) is 32.4 Å². The van der Waals surface area contributed by atoms with Gasteiger partial charge in [0.05, 0.1) is 11.9 Å². The zero-order valence-corrected chi connectivity index (χ0v) is 12.0. The first kappa shape index (κ1) is 14.6. The summed E-state index contributed by atoms with van der Waals surface area (Å²) in [6.07, 6.45) is 1.40. The number of nitrogens with one attached hydrogen (secondary N) is 2. The lowest BCUT2D eigenvalue weighted by molar-refractivity contribution is 0.0951. The molecule has 0 aliphatic rings. The molecule has 0 atom stereocenters. The number of benzene rings is 1. The number of carbonyl (C=O) groups excluding carboxylic acids is 1. The highest BCUT2D eigenvalue weighted by atomic mass is 16.2. The van der Waals surface area contributed by atoms with E-state index in [1.807, 2.05) is 0 Å². The van der Waals surface area contributed by atoms with Crippen LogP contribution in [0.15, 0.2) is 52.2 Å². The van der Waals surface area contributed by atoms with Gasteiger partial charge in [0.15, 0.2) is 0 Å². The van der Waals surface area contributed by atoms with Crippen LogP contribution in [0, 0.1) is 0 Å². The summed E-state index contributed by atoms with van der Waals surface area (Å²) in [6, 6.07) is 9.63. The molecule has 0 aliphatic carbocycles. The first-order chi connectivity index (χ1) is 11.1. The number of amides is 1. The molecule has 1 amide bonds. The molecule has 23 heavy (non-hydrogen) atoms. The van der Waals surface area contributed by atoms with Gasteiger partial charge >= 0.3 is 0 Å². The van der Waals surface area contributed by atoms with Crippen LogP contribution in [0.1, 0.15) is 10.4 Å². The summed E-state index contributed by atoms with van der Waals surface area (Å²) in [6.45, 7) is 0.379. The molecular formula is C15H13N5O3. The summed E-state index contributed by atoms with van der Waals surface area (Å²) in [5.41, 5.74) is 0.169. The largest absolute Gasteiger partial charge is 0.350 e. The molecule has 0 bridgehead atoms. The zero-order chi connectivity index (χ0) is 16.2. The van der Waals surface area contributed by atoms with Gasteiger partial charge in [-0.2, -0.15) is 0 Å². The maximum Gasteiger partial charge on any atom is 0.277 e. The maximum absolute atomic E-state index is 12.2. The van der Waals surface area contributed by atoms with Gasteiger partial charge in [-0.05, 0) is 18.2 Å². The van der Waals surface area contributed by atoms with Gasteiger partial charge < -0.3 is 10.3 Å². The number of aromatic amines is 1. The predicted octanol–water partition coefficient (Wildman–Crippen LogP) is -0.0902. The molecule has 0 saturated heterocycles. The summed E-state index contributed by atoms with van der Waals surface area (Å²) in [5.74, 6) is -0.391. The van der Waals surface area contributed by atoms with Crippen molar-refractivity contribution in [1.82, 2.24) is 25.3 Å². The third-order valence-electron chi connectivity index (χ3n) is 3.28. The van der Waals surface area contributed by atoms with E-state index in [1.165, 1.54) is 23.0 Å². The summed E-state index contributed by atoms with van der Waals surface area (Å²) < 4.78 is 1.19. The molecule has 1 aromatic carbocycles. The Morgan fingerprint density at radius 2 is 2.04 bits per heavy atom. The van der Waals surface area contributed by atoms with E-state index >= 15 is 0 Å². The van der Waals surface area contributed by atoms with Crippen molar-refractivity contribution in [2.24, 2.45) is 0 Å². The van der Waals surface area contributed by atoms with E-state index in [9.17, 15) is 14.4 Å². The monoisotopic (exact) mass is 311 g/mol. The van der Waals surface area contributed by atoms with Crippen LogP contribution in [0.3, 0.4) is 0 Å². The Kier molecular flexibility index (Phi) is 3.96. The minimum absolute atomic E-state index is 0.186. The molecule has 3 aromatic rings. The Morgan fingerprint density at radius 3 is 2.87 bits per heavy atom. The number of hydrogen-bond donors (Lipinski definition) is 2. The van der Waals surface area contributed by atoms with Crippen molar-refractivity contribution in [1.29, 1.82) is 0 Å². The Bertz CT molecular complexity index is 976. The number of aromatic nitrogens is 4. The van der Waals surface area contributed by atoms with Crippen molar-refractivity contribution in [3.05, 3.63) is 68.9 Å². The molecule has 2 heterocycles. The van der Waals surface area contributed by atoms with Gasteiger partial charge in [-0.25, -0.2) is 4.68 Å². The highest BCUT2D eigenvalue weighted by molar-refractivity contribution is 5.93. The molecule has 2 N–H and O–H groups in total. The normalized spacial score (nSPS) is 10.6. The first-order valence-electron chi connectivity index (χ1n) is 6.94. The van der Waals surface area contributed by atoms with E-state index in [2.05, 4.69) is 20.6 Å². The third kappa shape index (κ3) is 3.15. The fourth-order valence-electron chi connectivity index (χ4n) is 2.13. The van der Waals surface area contributed by atoms with E-state index in [0.29, 0.717) is 10.9 Å². The van der Waals surface area contributed by atoms with E-state index in [4.69, 9.17) is 0 Å². The van der Waals surface area contributed by atoms with Crippen molar-refractivity contribution in [2.45, 2.75) is 6.54 Å². The molecule has 3 rings (SSSR count). The van der Waals surface area contributed by atoms with Crippen LogP contribution in [0.4, 0.5) is 0 Å². The maximum atomic E-state index is 12.2. The molecular weight excluding hydrogens is 298 g/mol. The van der Waals surface area contributed by atoms with Crippen molar-refractivity contribution in [3.63, 3.8) is 0 Å². The number of rotatable bonds is 4. The molecule has 0 unspecified atom stereocenters. The second kappa shape index (κ2) is 6.22. The average molecular weight is 311 g/mol. The Hall–Kier alpha value is -3.29. The van der Waals surface area contributed by atoms with E-state index in [0.717, 1.165) is 0 Å². The van der Waals surface area contributed by atoms with Gasteiger partial charge in [-0.1, -0.05) is 17.3 Å². The minimum atomic E-state index is -0.391. The fraction of sp³-hybridized carbons (Fsp3) is 0.133. The number of fused-ring (bicyclic) bond motifs is 1. The standard InChI is InChI=1S/C15H13N5O3/c21-13-9-10(5-6-16-13)14(22)17-7-8-20-15(23)11-3-1-2-4-12(11)18-19-20/h1-6,9H,7-8H2,(H,16,21)(H,17,22). The molecule has 0 aliphatic heterocycles. The molecule has 0 spiro atoms.